The molecule has 1 amide bonds. The van der Waals surface area contributed by atoms with Crippen LogP contribution in [0.25, 0.3) is 0 Å². The average molecular weight is 483 g/mol. The van der Waals surface area contributed by atoms with Crippen LogP contribution in [0.3, 0.4) is 0 Å². The first-order valence-corrected chi connectivity index (χ1v) is 12.3. The fraction of sp³-hybridized carbons (Fsp3) is 0.269. The van der Waals surface area contributed by atoms with Crippen molar-refractivity contribution in [3.63, 3.8) is 0 Å². The van der Waals surface area contributed by atoms with E-state index in [-0.39, 0.29) is 23.2 Å². The molecule has 34 heavy (non-hydrogen) atoms. The Morgan fingerprint density at radius 2 is 1.53 bits per heavy atom. The molecule has 1 N–H and O–H groups in total. The van der Waals surface area contributed by atoms with Crippen LogP contribution in [0, 0.1) is 13.8 Å². The van der Waals surface area contributed by atoms with Gasteiger partial charge in [-0.3, -0.25) is 9.10 Å². The molecule has 0 unspecified atom stereocenters. The second-order valence-corrected chi connectivity index (χ2v) is 9.94. The van der Waals surface area contributed by atoms with Crippen molar-refractivity contribution in [2.45, 2.75) is 31.7 Å². The Bertz CT molecular complexity index is 1240. The standard InChI is InChI=1S/C26H30N2O5S/c1-18-13-19(2)15-22(14-18)28(17-26(29)27-20(3)21-9-7-6-8-10-21)34(30,31)23-11-12-24(32-4)25(16-23)33-5/h6-16,20H,17H2,1-5H3,(H,27,29)/t20-/m0/s1. The van der Waals surface area contributed by atoms with Gasteiger partial charge in [0, 0.05) is 6.07 Å². The van der Waals surface area contributed by atoms with E-state index >= 15 is 0 Å². The van der Waals surface area contributed by atoms with Crippen LogP contribution in [0.4, 0.5) is 5.69 Å². The minimum Gasteiger partial charge on any atom is -0.493 e. The van der Waals surface area contributed by atoms with E-state index in [0.717, 1.165) is 21.0 Å². The quantitative estimate of drug-likeness (QED) is 0.489. The highest BCUT2D eigenvalue weighted by Crippen LogP contribution is 2.32. The Balaban J connectivity index is 1.99. The minimum atomic E-state index is -4.10. The Hall–Kier alpha value is -3.52. The highest BCUT2D eigenvalue weighted by molar-refractivity contribution is 7.92. The van der Waals surface area contributed by atoms with Crippen molar-refractivity contribution < 1.29 is 22.7 Å². The molecular weight excluding hydrogens is 452 g/mol. The van der Waals surface area contributed by atoms with Crippen molar-refractivity contribution in [2.24, 2.45) is 0 Å². The molecule has 0 bridgehead atoms. The van der Waals surface area contributed by atoms with E-state index in [4.69, 9.17) is 9.47 Å². The molecule has 8 heteroatoms. The maximum absolute atomic E-state index is 13.8. The van der Waals surface area contributed by atoms with E-state index < -0.39 is 15.9 Å². The summed E-state index contributed by atoms with van der Waals surface area (Å²) in [7, 11) is -1.19. The zero-order chi connectivity index (χ0) is 24.9. The normalized spacial score (nSPS) is 12.0. The summed E-state index contributed by atoms with van der Waals surface area (Å²) >= 11 is 0. The van der Waals surface area contributed by atoms with E-state index in [9.17, 15) is 13.2 Å². The summed E-state index contributed by atoms with van der Waals surface area (Å²) in [4.78, 5) is 13.0. The molecule has 0 spiro atoms. The lowest BCUT2D eigenvalue weighted by Crippen LogP contribution is -2.41. The zero-order valence-corrected chi connectivity index (χ0v) is 20.8. The number of nitrogens with zero attached hydrogens (tertiary/aromatic N) is 1. The summed E-state index contributed by atoms with van der Waals surface area (Å²) in [5, 5.41) is 2.90. The lowest BCUT2D eigenvalue weighted by Gasteiger charge is -2.26. The van der Waals surface area contributed by atoms with Crippen molar-refractivity contribution in [1.29, 1.82) is 0 Å². The molecule has 0 aliphatic heterocycles. The van der Waals surface area contributed by atoms with E-state index in [2.05, 4.69) is 5.32 Å². The highest BCUT2D eigenvalue weighted by atomic mass is 32.2. The molecule has 0 radical (unpaired) electrons. The fourth-order valence-corrected chi connectivity index (χ4v) is 5.18. The van der Waals surface area contributed by atoms with Gasteiger partial charge >= 0.3 is 0 Å². The fourth-order valence-electron chi connectivity index (χ4n) is 3.76. The van der Waals surface area contributed by atoms with Crippen LogP contribution in [-0.2, 0) is 14.8 Å². The summed E-state index contributed by atoms with van der Waals surface area (Å²) < 4.78 is 39.2. The van der Waals surface area contributed by atoms with Crippen molar-refractivity contribution in [3.8, 4) is 11.5 Å². The topological polar surface area (TPSA) is 84.9 Å². The third-order valence-electron chi connectivity index (χ3n) is 5.40. The number of hydrogen-bond acceptors (Lipinski definition) is 5. The Kier molecular flexibility index (Phi) is 7.83. The number of nitrogens with one attached hydrogen (secondary N) is 1. The van der Waals surface area contributed by atoms with Gasteiger partial charge in [0.15, 0.2) is 11.5 Å². The summed E-state index contributed by atoms with van der Waals surface area (Å²) in [6.07, 6.45) is 0. The van der Waals surface area contributed by atoms with Gasteiger partial charge in [0.25, 0.3) is 10.0 Å². The molecule has 7 nitrogen and oxygen atoms in total. The summed E-state index contributed by atoms with van der Waals surface area (Å²) in [6, 6.07) is 19.0. The van der Waals surface area contributed by atoms with Crippen molar-refractivity contribution in [3.05, 3.63) is 83.4 Å². The summed E-state index contributed by atoms with van der Waals surface area (Å²) in [5.74, 6) is 0.277. The molecule has 3 aromatic rings. The maximum Gasteiger partial charge on any atom is 0.264 e. The van der Waals surface area contributed by atoms with Crippen LogP contribution in [0.5, 0.6) is 11.5 Å². The van der Waals surface area contributed by atoms with Crippen LogP contribution in [-0.4, -0.2) is 35.1 Å². The smallest absolute Gasteiger partial charge is 0.264 e. The van der Waals surface area contributed by atoms with Gasteiger partial charge in [-0.1, -0.05) is 36.4 Å². The first kappa shape index (κ1) is 25.1. The van der Waals surface area contributed by atoms with Crippen molar-refractivity contribution in [2.75, 3.05) is 25.1 Å². The molecule has 0 aliphatic carbocycles. The third-order valence-corrected chi connectivity index (χ3v) is 7.17. The molecule has 3 rings (SSSR count). The van der Waals surface area contributed by atoms with Gasteiger partial charge in [-0.05, 0) is 61.7 Å². The number of benzene rings is 3. The number of carbonyl (C=O) groups is 1. The van der Waals surface area contributed by atoms with E-state index in [1.807, 2.05) is 57.2 Å². The zero-order valence-electron chi connectivity index (χ0n) is 20.0. The molecule has 0 aliphatic rings. The number of carbonyl (C=O) groups excluding carboxylic acids is 1. The van der Waals surface area contributed by atoms with E-state index in [1.165, 1.54) is 32.4 Å². The second kappa shape index (κ2) is 10.6. The van der Waals surface area contributed by atoms with Gasteiger partial charge in [-0.25, -0.2) is 8.42 Å². The van der Waals surface area contributed by atoms with Gasteiger partial charge < -0.3 is 14.8 Å². The summed E-state index contributed by atoms with van der Waals surface area (Å²) in [6.45, 7) is 5.25. The number of anilines is 1. The molecule has 1 atom stereocenters. The lowest BCUT2D eigenvalue weighted by molar-refractivity contribution is -0.120. The van der Waals surface area contributed by atoms with Crippen LogP contribution in [0.15, 0.2) is 71.6 Å². The van der Waals surface area contributed by atoms with Gasteiger partial charge in [-0.2, -0.15) is 0 Å². The molecule has 0 saturated heterocycles. The molecular formula is C26H30N2O5S. The second-order valence-electron chi connectivity index (χ2n) is 8.07. The van der Waals surface area contributed by atoms with Gasteiger partial charge in [0.05, 0.1) is 30.8 Å². The number of ether oxygens (including phenoxy) is 2. The molecule has 0 aromatic heterocycles. The number of amides is 1. The highest BCUT2D eigenvalue weighted by Gasteiger charge is 2.29. The Morgan fingerprint density at radius 1 is 0.912 bits per heavy atom. The number of methoxy groups -OCH3 is 2. The lowest BCUT2D eigenvalue weighted by atomic mass is 10.1. The predicted octanol–water partition coefficient (Wildman–Crippen LogP) is 4.39. The van der Waals surface area contributed by atoms with Crippen LogP contribution < -0.4 is 19.1 Å². The van der Waals surface area contributed by atoms with Crippen LogP contribution in [0.2, 0.25) is 0 Å². The van der Waals surface area contributed by atoms with E-state index in [0.29, 0.717) is 11.4 Å². The molecule has 180 valence electrons. The third kappa shape index (κ3) is 5.69. The minimum absolute atomic E-state index is 0.00628. The monoisotopic (exact) mass is 482 g/mol. The first-order valence-electron chi connectivity index (χ1n) is 10.8. The van der Waals surface area contributed by atoms with Crippen molar-refractivity contribution in [1.82, 2.24) is 5.32 Å². The average Bonchev–Trinajstić information content (AvgIpc) is 2.81. The Morgan fingerprint density at radius 3 is 2.12 bits per heavy atom. The van der Waals surface area contributed by atoms with E-state index in [1.54, 1.807) is 12.1 Å². The molecule has 0 fully saturated rings. The predicted molar refractivity (Wildman–Crippen MR) is 133 cm³/mol. The van der Waals surface area contributed by atoms with Crippen LogP contribution >= 0.6 is 0 Å². The number of hydrogen-bond donors (Lipinski definition) is 1. The Labute approximate surface area is 201 Å². The summed E-state index contributed by atoms with van der Waals surface area (Å²) in [5.41, 5.74) is 3.12. The maximum atomic E-state index is 13.8. The van der Waals surface area contributed by atoms with Crippen LogP contribution in [0.1, 0.15) is 29.7 Å². The molecule has 0 saturated carbocycles. The van der Waals surface area contributed by atoms with Gasteiger partial charge in [-0.15, -0.1) is 0 Å². The molecule has 3 aromatic carbocycles. The SMILES string of the molecule is COc1ccc(S(=O)(=O)N(CC(=O)N[C@@H](C)c2ccccc2)c2cc(C)cc(C)c2)cc1OC. The first-order chi connectivity index (χ1) is 16.1. The van der Waals surface area contributed by atoms with Crippen molar-refractivity contribution >= 4 is 21.6 Å². The van der Waals surface area contributed by atoms with Gasteiger partial charge in [0.1, 0.15) is 6.54 Å². The number of sulfonamides is 1. The largest absolute Gasteiger partial charge is 0.493 e. The number of rotatable bonds is 9. The van der Waals surface area contributed by atoms with Gasteiger partial charge in [0.2, 0.25) is 5.91 Å². The number of aryl methyl sites for hydroxylation is 2. The molecule has 0 heterocycles.